The van der Waals surface area contributed by atoms with Gasteiger partial charge in [-0.25, -0.2) is 0 Å². The lowest BCUT2D eigenvalue weighted by molar-refractivity contribution is -0.116. The van der Waals surface area contributed by atoms with E-state index in [-0.39, 0.29) is 5.91 Å². The molecule has 0 spiro atoms. The topological polar surface area (TPSA) is 41.1 Å². The van der Waals surface area contributed by atoms with Crippen LogP contribution in [0.15, 0.2) is 55.1 Å². The highest BCUT2D eigenvalue weighted by atomic mass is 16.1. The van der Waals surface area contributed by atoms with Gasteiger partial charge in [0.1, 0.15) is 0 Å². The molecule has 0 aromatic heterocycles. The van der Waals surface area contributed by atoms with Gasteiger partial charge in [-0.05, 0) is 54.8 Å². The SMILES string of the molecule is C=CC(=O)NCc1ccc(Nc2ccccc2C)cc1C. The van der Waals surface area contributed by atoms with Gasteiger partial charge in [0.05, 0.1) is 0 Å². The van der Waals surface area contributed by atoms with Crippen molar-refractivity contribution in [2.45, 2.75) is 20.4 Å². The molecule has 0 aliphatic heterocycles. The summed E-state index contributed by atoms with van der Waals surface area (Å²) in [4.78, 5) is 11.2. The second-order valence-corrected chi connectivity index (χ2v) is 5.00. The van der Waals surface area contributed by atoms with E-state index in [0.717, 1.165) is 22.5 Å². The van der Waals surface area contributed by atoms with Gasteiger partial charge in [-0.3, -0.25) is 4.79 Å². The number of rotatable bonds is 5. The Morgan fingerprint density at radius 3 is 2.57 bits per heavy atom. The summed E-state index contributed by atoms with van der Waals surface area (Å²) in [7, 11) is 0. The Morgan fingerprint density at radius 2 is 1.90 bits per heavy atom. The molecule has 0 radical (unpaired) electrons. The number of carbonyl (C=O) groups is 1. The van der Waals surface area contributed by atoms with E-state index in [9.17, 15) is 4.79 Å². The third-order valence-electron chi connectivity index (χ3n) is 3.41. The first-order chi connectivity index (χ1) is 10.1. The fourth-order valence-corrected chi connectivity index (χ4v) is 2.10. The monoisotopic (exact) mass is 280 g/mol. The maximum absolute atomic E-state index is 11.2. The molecule has 0 saturated carbocycles. The zero-order chi connectivity index (χ0) is 15.2. The van der Waals surface area contributed by atoms with E-state index in [0.29, 0.717) is 6.54 Å². The van der Waals surface area contributed by atoms with Crippen molar-refractivity contribution in [3.8, 4) is 0 Å². The summed E-state index contributed by atoms with van der Waals surface area (Å²) in [6.45, 7) is 8.08. The normalized spacial score (nSPS) is 10.0. The quantitative estimate of drug-likeness (QED) is 0.817. The Morgan fingerprint density at radius 1 is 1.14 bits per heavy atom. The molecule has 2 aromatic rings. The average Bonchev–Trinajstić information content (AvgIpc) is 2.48. The van der Waals surface area contributed by atoms with Crippen LogP contribution in [0.4, 0.5) is 11.4 Å². The van der Waals surface area contributed by atoms with Crippen molar-refractivity contribution in [1.82, 2.24) is 5.32 Å². The largest absolute Gasteiger partial charge is 0.355 e. The van der Waals surface area contributed by atoms with Gasteiger partial charge in [-0.15, -0.1) is 0 Å². The number of hydrogen-bond donors (Lipinski definition) is 2. The summed E-state index contributed by atoms with van der Waals surface area (Å²) >= 11 is 0. The van der Waals surface area contributed by atoms with E-state index in [1.807, 2.05) is 31.2 Å². The Labute approximate surface area is 125 Å². The number of hydrogen-bond acceptors (Lipinski definition) is 2. The molecule has 0 aliphatic rings. The summed E-state index contributed by atoms with van der Waals surface area (Å²) in [6.07, 6.45) is 1.28. The number of anilines is 2. The Bertz CT molecular complexity index is 662. The molecule has 21 heavy (non-hydrogen) atoms. The van der Waals surface area contributed by atoms with Crippen LogP contribution in [-0.4, -0.2) is 5.91 Å². The van der Waals surface area contributed by atoms with E-state index in [2.05, 4.69) is 42.3 Å². The fourth-order valence-electron chi connectivity index (χ4n) is 2.10. The van der Waals surface area contributed by atoms with E-state index in [1.165, 1.54) is 11.6 Å². The molecule has 0 saturated heterocycles. The lowest BCUT2D eigenvalue weighted by Crippen LogP contribution is -2.20. The molecular formula is C18H20N2O. The van der Waals surface area contributed by atoms with E-state index < -0.39 is 0 Å². The molecule has 0 fully saturated rings. The summed E-state index contributed by atoms with van der Waals surface area (Å²) < 4.78 is 0. The van der Waals surface area contributed by atoms with Crippen LogP contribution in [0.2, 0.25) is 0 Å². The third kappa shape index (κ3) is 3.96. The van der Waals surface area contributed by atoms with Gasteiger partial charge >= 0.3 is 0 Å². The molecule has 3 nitrogen and oxygen atoms in total. The van der Waals surface area contributed by atoms with E-state index in [4.69, 9.17) is 0 Å². The van der Waals surface area contributed by atoms with Gasteiger partial charge < -0.3 is 10.6 Å². The molecule has 2 aromatic carbocycles. The predicted octanol–water partition coefficient (Wildman–Crippen LogP) is 3.85. The minimum atomic E-state index is -0.156. The number of para-hydroxylation sites is 1. The van der Waals surface area contributed by atoms with Crippen LogP contribution in [0.5, 0.6) is 0 Å². The molecule has 0 unspecified atom stereocenters. The van der Waals surface area contributed by atoms with Crippen LogP contribution in [0.3, 0.4) is 0 Å². The van der Waals surface area contributed by atoms with Crippen LogP contribution in [0, 0.1) is 13.8 Å². The van der Waals surface area contributed by atoms with Crippen molar-refractivity contribution < 1.29 is 4.79 Å². The summed E-state index contributed by atoms with van der Waals surface area (Å²) in [6, 6.07) is 14.3. The first-order valence-corrected chi connectivity index (χ1v) is 6.92. The van der Waals surface area contributed by atoms with Crippen LogP contribution >= 0.6 is 0 Å². The second kappa shape index (κ2) is 6.75. The maximum atomic E-state index is 11.2. The Kier molecular flexibility index (Phi) is 4.77. The van der Waals surface area contributed by atoms with Gasteiger partial charge in [0.15, 0.2) is 0 Å². The summed E-state index contributed by atoms with van der Waals surface area (Å²) in [5.41, 5.74) is 5.58. The van der Waals surface area contributed by atoms with E-state index in [1.54, 1.807) is 0 Å². The van der Waals surface area contributed by atoms with Gasteiger partial charge in [0.25, 0.3) is 0 Å². The molecule has 2 N–H and O–H groups in total. The first kappa shape index (κ1) is 14.9. The van der Waals surface area contributed by atoms with Crippen molar-refractivity contribution in [2.24, 2.45) is 0 Å². The second-order valence-electron chi connectivity index (χ2n) is 5.00. The summed E-state index contributed by atoms with van der Waals surface area (Å²) in [5.74, 6) is -0.156. The Hall–Kier alpha value is -2.55. The highest BCUT2D eigenvalue weighted by Gasteiger charge is 2.03. The van der Waals surface area contributed by atoms with E-state index >= 15 is 0 Å². The van der Waals surface area contributed by atoms with Crippen molar-refractivity contribution in [1.29, 1.82) is 0 Å². The third-order valence-corrected chi connectivity index (χ3v) is 3.41. The lowest BCUT2D eigenvalue weighted by Gasteiger charge is -2.12. The van der Waals surface area contributed by atoms with Gasteiger partial charge in [-0.1, -0.05) is 30.8 Å². The summed E-state index contributed by atoms with van der Waals surface area (Å²) in [5, 5.41) is 6.20. The van der Waals surface area contributed by atoms with Crippen molar-refractivity contribution in [2.75, 3.05) is 5.32 Å². The first-order valence-electron chi connectivity index (χ1n) is 6.92. The molecule has 0 atom stereocenters. The molecular weight excluding hydrogens is 260 g/mol. The van der Waals surface area contributed by atoms with Crippen molar-refractivity contribution >= 4 is 17.3 Å². The standard InChI is InChI=1S/C18H20N2O/c1-4-18(21)19-12-15-9-10-16(11-14(15)3)20-17-8-6-5-7-13(17)2/h4-11,20H,1,12H2,2-3H3,(H,19,21). The van der Waals surface area contributed by atoms with Crippen molar-refractivity contribution in [3.63, 3.8) is 0 Å². The van der Waals surface area contributed by atoms with Crippen molar-refractivity contribution in [3.05, 3.63) is 71.8 Å². The molecule has 1 amide bonds. The number of nitrogens with one attached hydrogen (secondary N) is 2. The van der Waals surface area contributed by atoms with Crippen LogP contribution in [0.1, 0.15) is 16.7 Å². The van der Waals surface area contributed by atoms with Crippen LogP contribution in [-0.2, 0) is 11.3 Å². The molecule has 0 bridgehead atoms. The predicted molar refractivity (Wildman–Crippen MR) is 87.7 cm³/mol. The fraction of sp³-hybridized carbons (Fsp3) is 0.167. The zero-order valence-electron chi connectivity index (χ0n) is 12.4. The highest BCUT2D eigenvalue weighted by molar-refractivity contribution is 5.86. The minimum absolute atomic E-state index is 0.156. The minimum Gasteiger partial charge on any atom is -0.355 e. The zero-order valence-corrected chi connectivity index (χ0v) is 12.4. The lowest BCUT2D eigenvalue weighted by atomic mass is 10.1. The number of benzene rings is 2. The molecule has 108 valence electrons. The highest BCUT2D eigenvalue weighted by Crippen LogP contribution is 2.22. The molecule has 0 heterocycles. The molecule has 2 rings (SSSR count). The van der Waals surface area contributed by atoms with Gasteiger partial charge in [0, 0.05) is 17.9 Å². The molecule has 3 heteroatoms. The smallest absolute Gasteiger partial charge is 0.243 e. The molecule has 0 aliphatic carbocycles. The number of amides is 1. The average molecular weight is 280 g/mol. The maximum Gasteiger partial charge on any atom is 0.243 e. The van der Waals surface area contributed by atoms with Crippen LogP contribution in [0.25, 0.3) is 0 Å². The van der Waals surface area contributed by atoms with Crippen LogP contribution < -0.4 is 10.6 Å². The number of carbonyl (C=O) groups excluding carboxylic acids is 1. The number of aryl methyl sites for hydroxylation is 2. The van der Waals surface area contributed by atoms with Gasteiger partial charge in [-0.2, -0.15) is 0 Å². The Balaban J connectivity index is 2.10. The van der Waals surface area contributed by atoms with Gasteiger partial charge in [0.2, 0.25) is 5.91 Å².